The summed E-state index contributed by atoms with van der Waals surface area (Å²) in [5.74, 6) is 1.05. The number of fused-ring (bicyclic) bond motifs is 1. The van der Waals surface area contributed by atoms with Crippen molar-refractivity contribution in [1.82, 2.24) is 0 Å². The van der Waals surface area contributed by atoms with Gasteiger partial charge in [0.2, 0.25) is 5.78 Å². The summed E-state index contributed by atoms with van der Waals surface area (Å²) < 4.78 is 16.3. The van der Waals surface area contributed by atoms with Crippen molar-refractivity contribution in [2.24, 2.45) is 0 Å². The van der Waals surface area contributed by atoms with Crippen LogP contribution >= 0.6 is 11.3 Å². The molecule has 0 amide bonds. The van der Waals surface area contributed by atoms with E-state index < -0.39 is 0 Å². The topological polar surface area (TPSA) is 61.8 Å². The van der Waals surface area contributed by atoms with Gasteiger partial charge in [-0.25, -0.2) is 0 Å². The fraction of sp³-hybridized carbons (Fsp3) is 0.0909. The Morgan fingerprint density at radius 1 is 1.11 bits per heavy atom. The molecule has 4 rings (SSSR count). The van der Waals surface area contributed by atoms with Gasteiger partial charge in [-0.3, -0.25) is 9.59 Å². The number of methoxy groups -OCH3 is 1. The minimum atomic E-state index is -0.362. The van der Waals surface area contributed by atoms with Gasteiger partial charge in [0, 0.05) is 10.9 Å². The smallest absolute Gasteiger partial charge is 0.316 e. The van der Waals surface area contributed by atoms with Crippen molar-refractivity contribution in [1.29, 1.82) is 0 Å². The van der Waals surface area contributed by atoms with Crippen molar-refractivity contribution in [3.05, 3.63) is 81.7 Å². The quantitative estimate of drug-likeness (QED) is 0.363. The summed E-state index contributed by atoms with van der Waals surface area (Å²) >= 11 is 1.50. The molecule has 1 aromatic heterocycles. The number of esters is 1. The van der Waals surface area contributed by atoms with Crippen LogP contribution in [0, 0.1) is 0 Å². The molecule has 6 heteroatoms. The zero-order chi connectivity index (χ0) is 19.5. The fourth-order valence-electron chi connectivity index (χ4n) is 2.84. The van der Waals surface area contributed by atoms with Crippen LogP contribution in [0.1, 0.15) is 20.8 Å². The second-order valence-corrected chi connectivity index (χ2v) is 7.14. The predicted molar refractivity (Wildman–Crippen MR) is 106 cm³/mol. The number of hydrogen-bond donors (Lipinski definition) is 0. The van der Waals surface area contributed by atoms with E-state index in [2.05, 4.69) is 0 Å². The van der Waals surface area contributed by atoms with Gasteiger partial charge in [0.05, 0.1) is 19.1 Å². The van der Waals surface area contributed by atoms with Crippen LogP contribution in [0.5, 0.6) is 17.2 Å². The number of benzene rings is 2. The van der Waals surface area contributed by atoms with E-state index in [-0.39, 0.29) is 23.9 Å². The molecular formula is C22H16O5S. The number of allylic oxidation sites excluding steroid dienone is 1. The average molecular weight is 392 g/mol. The Morgan fingerprint density at radius 2 is 2.00 bits per heavy atom. The molecule has 0 spiro atoms. The van der Waals surface area contributed by atoms with Gasteiger partial charge >= 0.3 is 5.97 Å². The maximum absolute atomic E-state index is 12.6. The van der Waals surface area contributed by atoms with Crippen molar-refractivity contribution < 1.29 is 23.8 Å². The number of hydrogen-bond acceptors (Lipinski definition) is 6. The van der Waals surface area contributed by atoms with E-state index in [0.717, 1.165) is 10.4 Å². The first-order valence-corrected chi connectivity index (χ1v) is 9.46. The molecule has 0 radical (unpaired) electrons. The van der Waals surface area contributed by atoms with Crippen molar-refractivity contribution in [3.63, 3.8) is 0 Å². The highest BCUT2D eigenvalue weighted by molar-refractivity contribution is 7.10. The molecule has 140 valence electrons. The number of Topliss-reactive ketones (excluding diaryl/α,β-unsaturated/α-hetero) is 1. The molecule has 3 aromatic rings. The SMILES string of the molecule is COc1cccc(/C=C2\Oc3cc(OC(=O)Cc4cccs4)ccc3C2=O)c1. The summed E-state index contributed by atoms with van der Waals surface area (Å²) in [6.07, 6.45) is 1.86. The lowest BCUT2D eigenvalue weighted by Crippen LogP contribution is -2.10. The largest absolute Gasteiger partial charge is 0.497 e. The first-order valence-electron chi connectivity index (χ1n) is 8.58. The van der Waals surface area contributed by atoms with E-state index in [1.807, 2.05) is 41.8 Å². The molecule has 2 aromatic carbocycles. The Balaban J connectivity index is 1.51. The van der Waals surface area contributed by atoms with Crippen LogP contribution in [0.3, 0.4) is 0 Å². The van der Waals surface area contributed by atoms with Crippen LogP contribution in [-0.2, 0) is 11.2 Å². The third-order valence-corrected chi connectivity index (χ3v) is 5.04. The maximum atomic E-state index is 12.6. The van der Waals surface area contributed by atoms with Crippen LogP contribution in [0.15, 0.2) is 65.7 Å². The molecule has 0 bridgehead atoms. The molecule has 28 heavy (non-hydrogen) atoms. The van der Waals surface area contributed by atoms with E-state index in [1.54, 1.807) is 31.4 Å². The van der Waals surface area contributed by atoms with E-state index in [4.69, 9.17) is 14.2 Å². The van der Waals surface area contributed by atoms with Gasteiger partial charge in [-0.1, -0.05) is 18.2 Å². The minimum Gasteiger partial charge on any atom is -0.497 e. The minimum absolute atomic E-state index is 0.204. The molecule has 0 atom stereocenters. The van der Waals surface area contributed by atoms with Gasteiger partial charge in [0.15, 0.2) is 5.76 Å². The third-order valence-electron chi connectivity index (χ3n) is 4.16. The molecule has 0 fully saturated rings. The zero-order valence-electron chi connectivity index (χ0n) is 15.0. The van der Waals surface area contributed by atoms with Gasteiger partial charge in [-0.05, 0) is 47.4 Å². The Labute approximate surface area is 165 Å². The summed E-state index contributed by atoms with van der Waals surface area (Å²) in [5, 5.41) is 1.91. The molecule has 1 aliphatic heterocycles. The molecule has 0 N–H and O–H groups in total. The van der Waals surface area contributed by atoms with E-state index >= 15 is 0 Å². The van der Waals surface area contributed by atoms with Gasteiger partial charge in [0.25, 0.3) is 0 Å². The number of carbonyl (C=O) groups is 2. The summed E-state index contributed by atoms with van der Waals surface area (Å²) in [7, 11) is 1.58. The number of rotatable bonds is 5. The zero-order valence-corrected chi connectivity index (χ0v) is 15.8. The number of ether oxygens (including phenoxy) is 3. The number of carbonyl (C=O) groups excluding carboxylic acids is 2. The van der Waals surface area contributed by atoms with Gasteiger partial charge < -0.3 is 14.2 Å². The van der Waals surface area contributed by atoms with Crippen LogP contribution in [0.2, 0.25) is 0 Å². The molecule has 5 nitrogen and oxygen atoms in total. The molecular weight excluding hydrogens is 376 g/mol. The fourth-order valence-corrected chi connectivity index (χ4v) is 3.53. The molecule has 0 saturated carbocycles. The maximum Gasteiger partial charge on any atom is 0.316 e. The van der Waals surface area contributed by atoms with E-state index in [1.165, 1.54) is 11.3 Å². The highest BCUT2D eigenvalue weighted by atomic mass is 32.1. The van der Waals surface area contributed by atoms with Gasteiger partial charge in [-0.15, -0.1) is 11.3 Å². The lowest BCUT2D eigenvalue weighted by Gasteiger charge is -2.05. The Bertz CT molecular complexity index is 1070. The monoisotopic (exact) mass is 392 g/mol. The molecule has 0 unspecified atom stereocenters. The number of thiophene rings is 1. The lowest BCUT2D eigenvalue weighted by atomic mass is 10.1. The van der Waals surface area contributed by atoms with Crippen LogP contribution in [0.25, 0.3) is 6.08 Å². The van der Waals surface area contributed by atoms with E-state index in [0.29, 0.717) is 22.8 Å². The first-order chi connectivity index (χ1) is 13.6. The number of ketones is 1. The first kappa shape index (κ1) is 18.0. The predicted octanol–water partition coefficient (Wildman–Crippen LogP) is 4.52. The van der Waals surface area contributed by atoms with Crippen LogP contribution in [-0.4, -0.2) is 18.9 Å². The second kappa shape index (κ2) is 7.70. The standard InChI is InChI=1S/C22H16O5S/c1-25-15-5-2-4-14(10-15)11-20-22(24)18-8-7-16(12-19(18)27-20)26-21(23)13-17-6-3-9-28-17/h2-12H,13H2,1H3/b20-11-. The van der Waals surface area contributed by atoms with Crippen LogP contribution in [0.4, 0.5) is 0 Å². The average Bonchev–Trinajstić information content (AvgIpc) is 3.30. The van der Waals surface area contributed by atoms with Crippen molar-refractivity contribution in [3.8, 4) is 17.2 Å². The Hall–Kier alpha value is -3.38. The normalized spacial score (nSPS) is 13.9. The van der Waals surface area contributed by atoms with Gasteiger partial charge in [-0.2, -0.15) is 0 Å². The summed E-state index contributed by atoms with van der Waals surface area (Å²) in [6.45, 7) is 0. The third kappa shape index (κ3) is 3.82. The highest BCUT2D eigenvalue weighted by Gasteiger charge is 2.28. The molecule has 0 aliphatic carbocycles. The van der Waals surface area contributed by atoms with Crippen molar-refractivity contribution in [2.45, 2.75) is 6.42 Å². The summed E-state index contributed by atoms with van der Waals surface area (Å²) in [5.41, 5.74) is 1.23. The van der Waals surface area contributed by atoms with Gasteiger partial charge in [0.1, 0.15) is 17.2 Å². The Morgan fingerprint density at radius 3 is 2.79 bits per heavy atom. The highest BCUT2D eigenvalue weighted by Crippen LogP contribution is 2.35. The van der Waals surface area contributed by atoms with Crippen LogP contribution < -0.4 is 14.2 Å². The summed E-state index contributed by atoms with van der Waals surface area (Å²) in [4.78, 5) is 25.6. The van der Waals surface area contributed by atoms with Crippen molar-refractivity contribution in [2.75, 3.05) is 7.11 Å². The Kier molecular flexibility index (Phi) is 4.95. The summed E-state index contributed by atoms with van der Waals surface area (Å²) in [6, 6.07) is 15.9. The second-order valence-electron chi connectivity index (χ2n) is 6.10. The molecule has 2 heterocycles. The lowest BCUT2D eigenvalue weighted by molar-refractivity contribution is -0.133. The van der Waals surface area contributed by atoms with E-state index in [9.17, 15) is 9.59 Å². The van der Waals surface area contributed by atoms with Crippen molar-refractivity contribution >= 4 is 29.2 Å². The molecule has 1 aliphatic rings. The molecule has 0 saturated heterocycles.